The van der Waals surface area contributed by atoms with Gasteiger partial charge < -0.3 is 4.74 Å². The van der Waals surface area contributed by atoms with E-state index >= 15 is 0 Å². The van der Waals surface area contributed by atoms with Gasteiger partial charge >= 0.3 is 0 Å². The zero-order valence-electron chi connectivity index (χ0n) is 17.2. The zero-order chi connectivity index (χ0) is 18.8. The molecule has 0 amide bonds. The molecule has 152 valence electrons. The summed E-state index contributed by atoms with van der Waals surface area (Å²) in [6.45, 7) is 2.24. The summed E-state index contributed by atoms with van der Waals surface area (Å²) in [5.41, 5.74) is 2.89. The molecule has 4 bridgehead atoms. The minimum Gasteiger partial charge on any atom is -0.312 e. The molecule has 0 N–H and O–H groups in total. The maximum atomic E-state index is 6.92. The van der Waals surface area contributed by atoms with Crippen LogP contribution in [0.3, 0.4) is 0 Å². The van der Waals surface area contributed by atoms with Crippen LogP contribution in [0.5, 0.6) is 0 Å². The van der Waals surface area contributed by atoms with Crippen LogP contribution >= 0.6 is 0 Å². The van der Waals surface area contributed by atoms with E-state index in [9.17, 15) is 0 Å². The molecule has 1 aliphatic heterocycles. The summed E-state index contributed by atoms with van der Waals surface area (Å²) in [6.07, 6.45) is 13.3. The van der Waals surface area contributed by atoms with Crippen molar-refractivity contribution in [3.05, 3.63) is 35.4 Å². The molecule has 2 atom stereocenters. The normalized spacial score (nSPS) is 46.7. The average molecular weight is 383 g/mol. The van der Waals surface area contributed by atoms with Crippen LogP contribution in [0.25, 0.3) is 0 Å². The molecule has 6 fully saturated rings. The highest BCUT2D eigenvalue weighted by Crippen LogP contribution is 2.64. The molecular formula is C25H34O3. The van der Waals surface area contributed by atoms with Gasteiger partial charge in [-0.25, -0.2) is 0 Å². The van der Waals surface area contributed by atoms with Gasteiger partial charge in [-0.2, -0.15) is 9.78 Å². The van der Waals surface area contributed by atoms with E-state index in [4.69, 9.17) is 14.5 Å². The second-order valence-corrected chi connectivity index (χ2v) is 10.5. The quantitative estimate of drug-likeness (QED) is 0.589. The fourth-order valence-corrected chi connectivity index (χ4v) is 7.51. The van der Waals surface area contributed by atoms with E-state index in [1.54, 1.807) is 0 Å². The Balaban J connectivity index is 1.21. The van der Waals surface area contributed by atoms with Gasteiger partial charge in [0.05, 0.1) is 0 Å². The van der Waals surface area contributed by atoms with Gasteiger partial charge in [0.15, 0.2) is 0 Å². The highest BCUT2D eigenvalue weighted by atomic mass is 17.3. The Morgan fingerprint density at radius 3 is 2.32 bits per heavy atom. The Labute approximate surface area is 169 Å². The molecule has 28 heavy (non-hydrogen) atoms. The summed E-state index contributed by atoms with van der Waals surface area (Å²) < 4.78 is 6.92. The molecule has 1 aromatic carbocycles. The maximum Gasteiger partial charge on any atom is 0.210 e. The number of benzene rings is 1. The van der Waals surface area contributed by atoms with Crippen LogP contribution < -0.4 is 0 Å². The molecule has 0 radical (unpaired) electrons. The van der Waals surface area contributed by atoms with Crippen molar-refractivity contribution in [1.29, 1.82) is 0 Å². The third kappa shape index (κ3) is 2.73. The highest BCUT2D eigenvalue weighted by molar-refractivity contribution is 5.26. The third-order valence-electron chi connectivity index (χ3n) is 8.60. The second kappa shape index (κ2) is 6.55. The fraction of sp³-hybridized carbons (Fsp3) is 0.760. The van der Waals surface area contributed by atoms with Crippen molar-refractivity contribution >= 4 is 0 Å². The lowest BCUT2D eigenvalue weighted by Crippen LogP contribution is -2.59. The number of hydrogen-bond acceptors (Lipinski definition) is 3. The Kier molecular flexibility index (Phi) is 4.19. The summed E-state index contributed by atoms with van der Waals surface area (Å²) in [4.78, 5) is 12.4. The molecule has 1 aromatic rings. The van der Waals surface area contributed by atoms with Crippen LogP contribution in [-0.4, -0.2) is 11.6 Å². The Morgan fingerprint density at radius 2 is 1.64 bits per heavy atom. The third-order valence-corrected chi connectivity index (χ3v) is 8.60. The largest absolute Gasteiger partial charge is 0.312 e. The lowest BCUT2D eigenvalue weighted by Gasteiger charge is -2.57. The van der Waals surface area contributed by atoms with Crippen molar-refractivity contribution in [2.45, 2.75) is 95.0 Å². The summed E-state index contributed by atoms with van der Waals surface area (Å²) in [6, 6.07) is 9.30. The van der Waals surface area contributed by atoms with Gasteiger partial charge in [-0.15, -0.1) is 0 Å². The summed E-state index contributed by atoms with van der Waals surface area (Å²) in [5, 5.41) is 0. The first kappa shape index (κ1) is 17.9. The minimum absolute atomic E-state index is 0.430. The molecule has 3 heteroatoms. The molecular weight excluding hydrogens is 348 g/mol. The Hall–Kier alpha value is -0.900. The van der Waals surface area contributed by atoms with E-state index in [0.717, 1.165) is 31.1 Å². The summed E-state index contributed by atoms with van der Waals surface area (Å²) in [5.74, 6) is 2.50. The van der Waals surface area contributed by atoms with E-state index in [0.29, 0.717) is 17.8 Å². The molecule has 5 aliphatic carbocycles. The minimum atomic E-state index is -0.514. The lowest BCUT2D eigenvalue weighted by molar-refractivity contribution is -0.390. The van der Waals surface area contributed by atoms with Crippen LogP contribution in [0, 0.1) is 23.7 Å². The smallest absolute Gasteiger partial charge is 0.210 e. The van der Waals surface area contributed by atoms with Crippen LogP contribution in [0.2, 0.25) is 0 Å². The summed E-state index contributed by atoms with van der Waals surface area (Å²) in [7, 11) is 0. The van der Waals surface area contributed by atoms with Gasteiger partial charge in [0.1, 0.15) is 0 Å². The van der Waals surface area contributed by atoms with Gasteiger partial charge in [0, 0.05) is 24.7 Å². The molecule has 0 aromatic heterocycles. The second-order valence-electron chi connectivity index (χ2n) is 10.5. The number of ether oxygens (including phenoxy) is 1. The monoisotopic (exact) mass is 382 g/mol. The molecule has 1 heterocycles. The van der Waals surface area contributed by atoms with Crippen molar-refractivity contribution in [2.75, 3.05) is 0 Å². The topological polar surface area (TPSA) is 27.7 Å². The van der Waals surface area contributed by atoms with Crippen molar-refractivity contribution in [2.24, 2.45) is 23.7 Å². The highest BCUT2D eigenvalue weighted by Gasteiger charge is 2.66. The van der Waals surface area contributed by atoms with E-state index in [1.807, 2.05) is 0 Å². The van der Waals surface area contributed by atoms with Gasteiger partial charge in [0.2, 0.25) is 11.6 Å². The van der Waals surface area contributed by atoms with Gasteiger partial charge in [-0.3, -0.25) is 0 Å². The lowest BCUT2D eigenvalue weighted by atomic mass is 9.53. The zero-order valence-corrected chi connectivity index (χ0v) is 17.2. The van der Waals surface area contributed by atoms with E-state index in [1.165, 1.54) is 62.5 Å². The molecule has 2 spiro atoms. The van der Waals surface area contributed by atoms with Crippen LogP contribution in [0.15, 0.2) is 24.3 Å². The van der Waals surface area contributed by atoms with Gasteiger partial charge in [0.25, 0.3) is 0 Å². The first-order chi connectivity index (χ1) is 13.7. The Bertz CT molecular complexity index is 698. The average Bonchev–Trinajstić information content (AvgIpc) is 3.06. The molecule has 3 nitrogen and oxygen atoms in total. The predicted octanol–water partition coefficient (Wildman–Crippen LogP) is 6.12. The van der Waals surface area contributed by atoms with E-state index in [2.05, 4.69) is 31.2 Å². The maximum absolute atomic E-state index is 6.92. The number of rotatable bonds is 3. The number of aryl methyl sites for hydroxylation is 1. The van der Waals surface area contributed by atoms with Gasteiger partial charge in [-0.05, 0) is 80.2 Å². The molecule has 1 saturated heterocycles. The predicted molar refractivity (Wildman–Crippen MR) is 107 cm³/mol. The molecule has 7 rings (SSSR count). The van der Waals surface area contributed by atoms with E-state index in [-0.39, 0.29) is 0 Å². The fourth-order valence-electron chi connectivity index (χ4n) is 7.51. The van der Waals surface area contributed by atoms with Crippen LogP contribution in [-0.2, 0) is 20.9 Å². The van der Waals surface area contributed by atoms with E-state index < -0.39 is 11.6 Å². The van der Waals surface area contributed by atoms with Crippen LogP contribution in [0.4, 0.5) is 0 Å². The Morgan fingerprint density at radius 1 is 0.929 bits per heavy atom. The van der Waals surface area contributed by atoms with Crippen LogP contribution in [0.1, 0.15) is 88.2 Å². The molecule has 5 saturated carbocycles. The van der Waals surface area contributed by atoms with Crippen molar-refractivity contribution in [1.82, 2.24) is 0 Å². The standard InChI is InChI=1S/C25H34O3/c1-2-4-17-6-8-20(9-7-17)21-5-3-10-24(16-21)26-25(28-27-24)22-12-18-11-19(14-22)15-23(25)13-18/h6-9,18-19,21-23H,2-5,10-16H2,1H3/t18?,19?,21-,22?,23?,24-,25?/m1/s1. The SMILES string of the molecule is CCCc1ccc([C@@H]2CCC[C@]3(C2)OOC2(O3)C3CC4CC(C3)CC2C4)cc1. The first-order valence-corrected chi connectivity index (χ1v) is 11.8. The summed E-state index contributed by atoms with van der Waals surface area (Å²) >= 11 is 0. The van der Waals surface area contributed by atoms with Crippen molar-refractivity contribution in [3.8, 4) is 0 Å². The van der Waals surface area contributed by atoms with Crippen molar-refractivity contribution < 1.29 is 14.5 Å². The molecule has 0 unspecified atom stereocenters. The van der Waals surface area contributed by atoms with Gasteiger partial charge in [-0.1, -0.05) is 37.6 Å². The van der Waals surface area contributed by atoms with Crippen molar-refractivity contribution in [3.63, 3.8) is 0 Å². The molecule has 6 aliphatic rings. The number of hydrogen-bond donors (Lipinski definition) is 0. The first-order valence-electron chi connectivity index (χ1n) is 11.8.